The Morgan fingerprint density at radius 2 is 1.96 bits per heavy atom. The van der Waals surface area contributed by atoms with Crippen LogP contribution < -0.4 is 10.2 Å². The third kappa shape index (κ3) is 3.84. The van der Waals surface area contributed by atoms with Crippen molar-refractivity contribution in [3.05, 3.63) is 58.6 Å². The van der Waals surface area contributed by atoms with E-state index in [2.05, 4.69) is 26.2 Å². The maximum absolute atomic E-state index is 13.8. The van der Waals surface area contributed by atoms with Gasteiger partial charge in [-0.1, -0.05) is 34.1 Å². The van der Waals surface area contributed by atoms with Crippen molar-refractivity contribution in [1.82, 2.24) is 15.2 Å². The third-order valence-corrected chi connectivity index (χ3v) is 4.82. The Morgan fingerprint density at radius 3 is 2.67 bits per heavy atom. The summed E-state index contributed by atoms with van der Waals surface area (Å²) in [4.78, 5) is 19.7. The zero-order valence-electron chi connectivity index (χ0n) is 13.1. The second-order valence-corrected chi connectivity index (χ2v) is 6.41. The fraction of sp³-hybridized carbons (Fsp3) is 0.294. The number of piperazine rings is 1. The highest BCUT2D eigenvalue weighted by atomic mass is 79.9. The molecular weight excluding hydrogens is 375 g/mol. The van der Waals surface area contributed by atoms with E-state index < -0.39 is 0 Å². The second kappa shape index (κ2) is 7.61. The first-order chi connectivity index (χ1) is 11.6. The quantitative estimate of drug-likeness (QED) is 0.873. The van der Waals surface area contributed by atoms with E-state index in [0.29, 0.717) is 38.4 Å². The Bertz CT molecular complexity index is 719. The number of benzene rings is 1. The van der Waals surface area contributed by atoms with Gasteiger partial charge in [0, 0.05) is 43.4 Å². The van der Waals surface area contributed by atoms with Crippen LogP contribution >= 0.6 is 15.9 Å². The molecule has 126 valence electrons. The number of pyridine rings is 1. The van der Waals surface area contributed by atoms with Crippen molar-refractivity contribution >= 4 is 27.6 Å². The van der Waals surface area contributed by atoms with Gasteiger partial charge in [0.2, 0.25) is 0 Å². The molecule has 2 aromatic rings. The Morgan fingerprint density at radius 1 is 1.21 bits per heavy atom. The van der Waals surface area contributed by atoms with Crippen LogP contribution in [0.2, 0.25) is 0 Å². The molecule has 0 unspecified atom stereocenters. The molecule has 3 rings (SSSR count). The number of hydrogen-bond acceptors (Lipinski definition) is 3. The number of nitrogens with zero attached hydrogens (tertiary/aromatic N) is 3. The van der Waals surface area contributed by atoms with Crippen LogP contribution in [-0.2, 0) is 6.54 Å². The minimum Gasteiger partial charge on any atom is -0.366 e. The fourth-order valence-corrected chi connectivity index (χ4v) is 3.12. The van der Waals surface area contributed by atoms with Crippen LogP contribution in [-0.4, -0.2) is 42.1 Å². The SMILES string of the molecule is O=C(NCc1ccccc1Br)N1CCN(c2ccncc2F)CC1. The number of carbonyl (C=O) groups is 1. The van der Waals surface area contributed by atoms with Gasteiger partial charge in [-0.25, -0.2) is 9.18 Å². The van der Waals surface area contributed by atoms with E-state index >= 15 is 0 Å². The lowest BCUT2D eigenvalue weighted by atomic mass is 10.2. The van der Waals surface area contributed by atoms with Crippen molar-refractivity contribution < 1.29 is 9.18 Å². The van der Waals surface area contributed by atoms with Crippen LogP contribution in [0, 0.1) is 5.82 Å². The average Bonchev–Trinajstić information content (AvgIpc) is 2.61. The molecule has 1 aromatic carbocycles. The van der Waals surface area contributed by atoms with Crippen LogP contribution in [0.4, 0.5) is 14.9 Å². The summed E-state index contributed by atoms with van der Waals surface area (Å²) in [7, 11) is 0. The van der Waals surface area contributed by atoms with Gasteiger partial charge in [0.05, 0.1) is 11.9 Å². The molecule has 0 bridgehead atoms. The van der Waals surface area contributed by atoms with Crippen LogP contribution in [0.1, 0.15) is 5.56 Å². The number of hydrogen-bond donors (Lipinski definition) is 1. The van der Waals surface area contributed by atoms with Gasteiger partial charge in [-0.2, -0.15) is 0 Å². The summed E-state index contributed by atoms with van der Waals surface area (Å²) < 4.78 is 14.7. The van der Waals surface area contributed by atoms with E-state index in [9.17, 15) is 9.18 Å². The van der Waals surface area contributed by atoms with Crippen molar-refractivity contribution in [1.29, 1.82) is 0 Å². The molecule has 1 fully saturated rings. The molecule has 24 heavy (non-hydrogen) atoms. The van der Waals surface area contributed by atoms with Crippen LogP contribution in [0.5, 0.6) is 0 Å². The van der Waals surface area contributed by atoms with E-state index in [4.69, 9.17) is 0 Å². The van der Waals surface area contributed by atoms with E-state index in [0.717, 1.165) is 10.0 Å². The molecule has 0 saturated carbocycles. The van der Waals surface area contributed by atoms with Gasteiger partial charge in [0.1, 0.15) is 0 Å². The Kier molecular flexibility index (Phi) is 5.30. The maximum atomic E-state index is 13.8. The highest BCUT2D eigenvalue weighted by Crippen LogP contribution is 2.19. The molecule has 0 aliphatic carbocycles. The number of nitrogens with one attached hydrogen (secondary N) is 1. The molecule has 1 aliphatic rings. The number of amides is 2. The summed E-state index contributed by atoms with van der Waals surface area (Å²) in [5.41, 5.74) is 1.57. The van der Waals surface area contributed by atoms with E-state index in [1.165, 1.54) is 6.20 Å². The Hall–Kier alpha value is -2.15. The van der Waals surface area contributed by atoms with Crippen molar-refractivity contribution in [2.24, 2.45) is 0 Å². The number of aromatic nitrogens is 1. The first-order valence-corrected chi connectivity index (χ1v) is 8.55. The summed E-state index contributed by atoms with van der Waals surface area (Å²) >= 11 is 3.47. The number of anilines is 1. The lowest BCUT2D eigenvalue weighted by Crippen LogP contribution is -2.51. The molecule has 0 atom stereocenters. The number of halogens is 2. The highest BCUT2D eigenvalue weighted by Gasteiger charge is 2.22. The van der Waals surface area contributed by atoms with Gasteiger partial charge >= 0.3 is 6.03 Å². The summed E-state index contributed by atoms with van der Waals surface area (Å²) in [5, 5.41) is 2.93. The predicted molar refractivity (Wildman–Crippen MR) is 94.4 cm³/mol. The van der Waals surface area contributed by atoms with Crippen LogP contribution in [0.25, 0.3) is 0 Å². The standard InChI is InChI=1S/C17H18BrFN4O/c18-14-4-2-1-3-13(14)11-21-17(24)23-9-7-22(8-10-23)16-5-6-20-12-15(16)19/h1-6,12H,7-11H2,(H,21,24). The highest BCUT2D eigenvalue weighted by molar-refractivity contribution is 9.10. The van der Waals surface area contributed by atoms with E-state index in [-0.39, 0.29) is 11.8 Å². The average molecular weight is 393 g/mol. The summed E-state index contributed by atoms with van der Waals surface area (Å²) in [6, 6.07) is 9.36. The number of rotatable bonds is 3. The van der Waals surface area contributed by atoms with E-state index in [1.54, 1.807) is 17.2 Å². The smallest absolute Gasteiger partial charge is 0.317 e. The molecule has 7 heteroatoms. The lowest BCUT2D eigenvalue weighted by Gasteiger charge is -2.36. The topological polar surface area (TPSA) is 48.5 Å². The zero-order chi connectivity index (χ0) is 16.9. The minimum absolute atomic E-state index is 0.0967. The Labute approximate surface area is 148 Å². The van der Waals surface area contributed by atoms with Crippen LogP contribution in [0.3, 0.4) is 0 Å². The molecule has 1 aliphatic heterocycles. The first kappa shape index (κ1) is 16.7. The fourth-order valence-electron chi connectivity index (χ4n) is 2.70. The van der Waals surface area contributed by atoms with E-state index in [1.807, 2.05) is 29.2 Å². The van der Waals surface area contributed by atoms with Gasteiger partial charge in [-0.05, 0) is 17.7 Å². The molecule has 1 aromatic heterocycles. The van der Waals surface area contributed by atoms with Gasteiger partial charge in [0.25, 0.3) is 0 Å². The third-order valence-electron chi connectivity index (χ3n) is 4.05. The lowest BCUT2D eigenvalue weighted by molar-refractivity contribution is 0.194. The second-order valence-electron chi connectivity index (χ2n) is 5.55. The summed E-state index contributed by atoms with van der Waals surface area (Å²) in [6.07, 6.45) is 2.79. The van der Waals surface area contributed by atoms with Gasteiger partial charge in [-0.3, -0.25) is 4.98 Å². The molecule has 1 N–H and O–H groups in total. The zero-order valence-corrected chi connectivity index (χ0v) is 14.7. The monoisotopic (exact) mass is 392 g/mol. The van der Waals surface area contributed by atoms with Crippen molar-refractivity contribution in [3.8, 4) is 0 Å². The molecule has 2 heterocycles. The molecule has 0 spiro atoms. The van der Waals surface area contributed by atoms with Crippen LogP contribution in [0.15, 0.2) is 47.2 Å². The summed E-state index contributed by atoms with van der Waals surface area (Å²) in [5.74, 6) is -0.329. The Balaban J connectivity index is 1.52. The maximum Gasteiger partial charge on any atom is 0.317 e. The largest absolute Gasteiger partial charge is 0.366 e. The number of carbonyl (C=O) groups excluding carboxylic acids is 1. The van der Waals surface area contributed by atoms with Crippen molar-refractivity contribution in [2.75, 3.05) is 31.1 Å². The van der Waals surface area contributed by atoms with Gasteiger partial charge in [0.15, 0.2) is 5.82 Å². The molecular formula is C17H18BrFN4O. The normalized spacial score (nSPS) is 14.6. The van der Waals surface area contributed by atoms with Gasteiger partial charge < -0.3 is 15.1 Å². The summed E-state index contributed by atoms with van der Waals surface area (Å²) in [6.45, 7) is 2.79. The van der Waals surface area contributed by atoms with Crippen molar-refractivity contribution in [3.63, 3.8) is 0 Å². The molecule has 2 amide bonds. The first-order valence-electron chi connectivity index (χ1n) is 7.76. The van der Waals surface area contributed by atoms with Crippen molar-refractivity contribution in [2.45, 2.75) is 6.54 Å². The minimum atomic E-state index is -0.329. The predicted octanol–water partition coefficient (Wildman–Crippen LogP) is 3.02. The number of urea groups is 1. The van der Waals surface area contributed by atoms with Gasteiger partial charge in [-0.15, -0.1) is 0 Å². The molecule has 1 saturated heterocycles. The molecule has 0 radical (unpaired) electrons. The molecule has 5 nitrogen and oxygen atoms in total.